The molecule has 0 spiro atoms. The second-order valence-electron chi connectivity index (χ2n) is 4.53. The van der Waals surface area contributed by atoms with Crippen molar-refractivity contribution in [1.82, 2.24) is 9.55 Å². The van der Waals surface area contributed by atoms with Gasteiger partial charge in [0.1, 0.15) is 10.4 Å². The third-order valence-electron chi connectivity index (χ3n) is 3.19. The summed E-state index contributed by atoms with van der Waals surface area (Å²) in [6, 6.07) is 9.16. The number of aromatic nitrogens is 2. The molecule has 2 heterocycles. The van der Waals surface area contributed by atoms with Crippen molar-refractivity contribution in [1.29, 1.82) is 0 Å². The van der Waals surface area contributed by atoms with Crippen molar-refractivity contribution in [2.24, 2.45) is 0 Å². The fourth-order valence-electron chi connectivity index (χ4n) is 2.22. The number of thiophene rings is 1. The summed E-state index contributed by atoms with van der Waals surface area (Å²) >= 11 is 1.33. The minimum Gasteiger partial charge on any atom is -0.494 e. The SMILES string of the molecule is CCOc1ccccc1Cn1c(=O)[nH]c2ccsc2c1=O. The van der Waals surface area contributed by atoms with Crippen LogP contribution in [0.3, 0.4) is 0 Å². The Bertz CT molecular complexity index is 892. The van der Waals surface area contributed by atoms with E-state index in [0.717, 1.165) is 5.56 Å². The van der Waals surface area contributed by atoms with Crippen molar-refractivity contribution in [2.75, 3.05) is 6.61 Å². The van der Waals surface area contributed by atoms with Gasteiger partial charge in [0, 0.05) is 5.56 Å². The first kappa shape index (κ1) is 13.6. The summed E-state index contributed by atoms with van der Waals surface area (Å²) in [5.74, 6) is 0.692. The fraction of sp³-hybridized carbons (Fsp3) is 0.200. The Labute approximate surface area is 124 Å². The molecule has 108 valence electrons. The Morgan fingerprint density at radius 3 is 2.86 bits per heavy atom. The zero-order valence-electron chi connectivity index (χ0n) is 11.5. The van der Waals surface area contributed by atoms with Crippen LogP contribution < -0.4 is 16.0 Å². The maximum atomic E-state index is 12.4. The van der Waals surface area contributed by atoms with Crippen LogP contribution in [-0.4, -0.2) is 16.2 Å². The molecule has 0 atom stereocenters. The molecule has 21 heavy (non-hydrogen) atoms. The second-order valence-corrected chi connectivity index (χ2v) is 5.44. The van der Waals surface area contributed by atoms with E-state index >= 15 is 0 Å². The van der Waals surface area contributed by atoms with Gasteiger partial charge in [-0.1, -0.05) is 18.2 Å². The Hall–Kier alpha value is -2.34. The summed E-state index contributed by atoms with van der Waals surface area (Å²) in [5.41, 5.74) is 0.722. The Morgan fingerprint density at radius 1 is 1.24 bits per heavy atom. The molecule has 6 heteroatoms. The van der Waals surface area contributed by atoms with Crippen LogP contribution in [-0.2, 0) is 6.54 Å². The van der Waals surface area contributed by atoms with E-state index in [9.17, 15) is 9.59 Å². The molecule has 0 amide bonds. The number of ether oxygens (including phenoxy) is 1. The van der Waals surface area contributed by atoms with Crippen molar-refractivity contribution >= 4 is 21.6 Å². The van der Waals surface area contributed by atoms with Crippen LogP contribution in [0.1, 0.15) is 12.5 Å². The van der Waals surface area contributed by atoms with Gasteiger partial charge in [0.05, 0.1) is 18.7 Å². The predicted octanol–water partition coefficient (Wildman–Crippen LogP) is 2.20. The summed E-state index contributed by atoms with van der Waals surface area (Å²) in [6.45, 7) is 2.62. The average molecular weight is 302 g/mol. The number of nitrogens with zero attached hydrogens (tertiary/aromatic N) is 1. The fourth-order valence-corrected chi connectivity index (χ4v) is 3.01. The van der Waals surface area contributed by atoms with Gasteiger partial charge in [0.25, 0.3) is 5.56 Å². The Kier molecular flexibility index (Phi) is 3.62. The molecule has 1 N–H and O–H groups in total. The third-order valence-corrected chi connectivity index (χ3v) is 4.09. The number of hydrogen-bond acceptors (Lipinski definition) is 4. The smallest absolute Gasteiger partial charge is 0.329 e. The maximum absolute atomic E-state index is 12.4. The van der Waals surface area contributed by atoms with Crippen LogP contribution in [0.15, 0.2) is 45.3 Å². The lowest BCUT2D eigenvalue weighted by molar-refractivity contribution is 0.335. The lowest BCUT2D eigenvalue weighted by atomic mass is 10.2. The lowest BCUT2D eigenvalue weighted by Crippen LogP contribution is -2.34. The van der Waals surface area contributed by atoms with Crippen LogP contribution in [0.25, 0.3) is 10.2 Å². The van der Waals surface area contributed by atoms with Gasteiger partial charge in [-0.3, -0.25) is 9.36 Å². The molecule has 5 nitrogen and oxygen atoms in total. The third kappa shape index (κ3) is 2.50. The highest BCUT2D eigenvalue weighted by molar-refractivity contribution is 7.17. The molecule has 0 aliphatic carbocycles. The van der Waals surface area contributed by atoms with E-state index in [2.05, 4.69) is 4.98 Å². The summed E-state index contributed by atoms with van der Waals surface area (Å²) in [7, 11) is 0. The van der Waals surface area contributed by atoms with Crippen LogP contribution in [0, 0.1) is 0 Å². The number of H-pyrrole nitrogens is 1. The number of nitrogens with one attached hydrogen (secondary N) is 1. The van der Waals surface area contributed by atoms with E-state index in [1.54, 1.807) is 11.4 Å². The molecule has 0 saturated heterocycles. The van der Waals surface area contributed by atoms with Crippen molar-refractivity contribution in [3.05, 3.63) is 62.1 Å². The van der Waals surface area contributed by atoms with Crippen molar-refractivity contribution in [3.8, 4) is 5.75 Å². The molecule has 2 aromatic heterocycles. The number of rotatable bonds is 4. The summed E-state index contributed by atoms with van der Waals surface area (Å²) in [6.07, 6.45) is 0. The molecule has 0 radical (unpaired) electrons. The highest BCUT2D eigenvalue weighted by Gasteiger charge is 2.11. The van der Waals surface area contributed by atoms with Gasteiger partial charge in [-0.05, 0) is 24.4 Å². The number of fused-ring (bicyclic) bond motifs is 1. The quantitative estimate of drug-likeness (QED) is 0.803. The molecule has 0 aliphatic rings. The lowest BCUT2D eigenvalue weighted by Gasteiger charge is -2.10. The molecule has 0 bridgehead atoms. The second kappa shape index (κ2) is 5.57. The van der Waals surface area contributed by atoms with Crippen LogP contribution >= 0.6 is 11.3 Å². The van der Waals surface area contributed by atoms with Gasteiger partial charge in [0.2, 0.25) is 0 Å². The van der Waals surface area contributed by atoms with Crippen LogP contribution in [0.2, 0.25) is 0 Å². The summed E-state index contributed by atoms with van der Waals surface area (Å²) in [4.78, 5) is 27.2. The molecule has 0 unspecified atom stereocenters. The molecule has 3 aromatic rings. The molecular formula is C15H14N2O3S. The summed E-state index contributed by atoms with van der Waals surface area (Å²) in [5, 5.41) is 1.79. The van der Waals surface area contributed by atoms with Gasteiger partial charge in [0.15, 0.2) is 0 Å². The topological polar surface area (TPSA) is 64.1 Å². The van der Waals surface area contributed by atoms with Crippen LogP contribution in [0.5, 0.6) is 5.75 Å². The number of hydrogen-bond donors (Lipinski definition) is 1. The van der Waals surface area contributed by atoms with Gasteiger partial charge in [-0.25, -0.2) is 4.79 Å². The molecule has 0 aliphatic heterocycles. The molecule has 0 fully saturated rings. The van der Waals surface area contributed by atoms with Gasteiger partial charge < -0.3 is 9.72 Å². The minimum absolute atomic E-state index is 0.193. The zero-order chi connectivity index (χ0) is 14.8. The Morgan fingerprint density at radius 2 is 2.05 bits per heavy atom. The number of aromatic amines is 1. The van der Waals surface area contributed by atoms with Crippen molar-refractivity contribution in [2.45, 2.75) is 13.5 Å². The number of benzene rings is 1. The maximum Gasteiger partial charge on any atom is 0.329 e. The van der Waals surface area contributed by atoms with Crippen molar-refractivity contribution in [3.63, 3.8) is 0 Å². The standard InChI is InChI=1S/C15H14N2O3S/c1-2-20-12-6-4-3-5-10(12)9-17-14(18)13-11(7-8-21-13)16-15(17)19/h3-8H,2,9H2,1H3,(H,16,19). The highest BCUT2D eigenvalue weighted by Crippen LogP contribution is 2.19. The predicted molar refractivity (Wildman–Crippen MR) is 83.4 cm³/mol. The summed E-state index contributed by atoms with van der Waals surface area (Å²) < 4.78 is 7.30. The first-order chi connectivity index (χ1) is 10.2. The monoisotopic (exact) mass is 302 g/mol. The minimum atomic E-state index is -0.405. The molecule has 3 rings (SSSR count). The number of para-hydroxylation sites is 1. The largest absolute Gasteiger partial charge is 0.494 e. The average Bonchev–Trinajstić information content (AvgIpc) is 2.93. The van der Waals surface area contributed by atoms with Gasteiger partial charge in [-0.2, -0.15) is 0 Å². The van der Waals surface area contributed by atoms with E-state index < -0.39 is 5.69 Å². The van der Waals surface area contributed by atoms with E-state index in [0.29, 0.717) is 22.6 Å². The van der Waals surface area contributed by atoms with Gasteiger partial charge in [-0.15, -0.1) is 11.3 Å². The first-order valence-corrected chi connectivity index (χ1v) is 7.49. The highest BCUT2D eigenvalue weighted by atomic mass is 32.1. The van der Waals surface area contributed by atoms with Crippen LogP contribution in [0.4, 0.5) is 0 Å². The van der Waals surface area contributed by atoms with E-state index in [1.807, 2.05) is 31.2 Å². The van der Waals surface area contributed by atoms with E-state index in [1.165, 1.54) is 15.9 Å². The van der Waals surface area contributed by atoms with E-state index in [-0.39, 0.29) is 12.1 Å². The molecule has 1 aromatic carbocycles. The first-order valence-electron chi connectivity index (χ1n) is 6.61. The Balaban J connectivity index is 2.10. The molecule has 0 saturated carbocycles. The zero-order valence-corrected chi connectivity index (χ0v) is 12.3. The molecular weight excluding hydrogens is 288 g/mol. The van der Waals surface area contributed by atoms with Crippen molar-refractivity contribution < 1.29 is 4.74 Å². The van der Waals surface area contributed by atoms with E-state index in [4.69, 9.17) is 4.74 Å². The normalized spacial score (nSPS) is 10.9. The van der Waals surface area contributed by atoms with Gasteiger partial charge >= 0.3 is 5.69 Å².